The topological polar surface area (TPSA) is 156 Å². The van der Waals surface area contributed by atoms with Crippen LogP contribution >= 0.6 is 0 Å². The number of carbonyl (C=O) groups is 2. The highest BCUT2D eigenvalue weighted by Gasteiger charge is 2.65. The van der Waals surface area contributed by atoms with Crippen molar-refractivity contribution in [2.75, 3.05) is 0 Å². The molecule has 0 radical (unpaired) electrons. The van der Waals surface area contributed by atoms with Crippen LogP contribution in [0.3, 0.4) is 0 Å². The number of hydrogen-bond donors (Lipinski definition) is 6. The van der Waals surface area contributed by atoms with Gasteiger partial charge in [-0.15, -0.1) is 0 Å². The molecule has 0 amide bonds. The third-order valence-corrected chi connectivity index (χ3v) is 20.5. The zero-order valence-corrected chi connectivity index (χ0v) is 35.9. The lowest BCUT2D eigenvalue weighted by atomic mass is 9.43. The second-order valence-electron chi connectivity index (χ2n) is 22.7. The Labute approximate surface area is 338 Å². The number of carboxylic acids is 2. The molecule has 8 nitrogen and oxygen atoms in total. The van der Waals surface area contributed by atoms with Crippen molar-refractivity contribution in [3.05, 3.63) is 0 Å². The zero-order chi connectivity index (χ0) is 40.5. The Bertz CT molecular complexity index is 1410. The molecule has 0 spiro atoms. The van der Waals surface area contributed by atoms with E-state index in [0.717, 1.165) is 70.6 Å². The SMILES string of the molecule is C[C@H](CCC(=O)O)[C@H]1CC[C@H]2[C@@H]3CC[C@@H]4C[C@H](O)CC[C@]4(C)[C@H]3C[C@H](O)[C@]12C.C[C@H](CCC(=O)O)[C@H]1CC[C@H]2[C@@H]3[C@@H](O)C[C@@H]4C[C@H](O)CC[C@]4(C)[C@H]3CC[C@]12C. The van der Waals surface area contributed by atoms with E-state index in [9.17, 15) is 30.0 Å². The number of aliphatic hydroxyl groups is 4. The van der Waals surface area contributed by atoms with Gasteiger partial charge < -0.3 is 30.6 Å². The molecule has 0 aliphatic heterocycles. The van der Waals surface area contributed by atoms with E-state index in [1.54, 1.807) is 0 Å². The lowest BCUT2D eigenvalue weighted by Gasteiger charge is -2.62. The van der Waals surface area contributed by atoms with E-state index in [-0.39, 0.29) is 58.9 Å². The molecule has 8 fully saturated rings. The molecule has 0 aromatic rings. The fourth-order valence-electron chi connectivity index (χ4n) is 17.4. The van der Waals surface area contributed by atoms with Gasteiger partial charge in [-0.05, 0) is 208 Å². The maximum absolute atomic E-state index is 11.5. The Morgan fingerprint density at radius 3 is 1.70 bits per heavy atom. The van der Waals surface area contributed by atoms with Gasteiger partial charge in [0.25, 0.3) is 0 Å². The minimum absolute atomic E-state index is 0.0591. The summed E-state index contributed by atoms with van der Waals surface area (Å²) >= 11 is 0. The van der Waals surface area contributed by atoms with Crippen LogP contribution in [0, 0.1) is 92.7 Å². The molecule has 0 heterocycles. The summed E-state index contributed by atoms with van der Waals surface area (Å²) in [6, 6.07) is 0. The molecule has 0 unspecified atom stereocenters. The molecule has 8 aliphatic carbocycles. The van der Waals surface area contributed by atoms with Crippen LogP contribution in [-0.2, 0) is 9.59 Å². The van der Waals surface area contributed by atoms with Gasteiger partial charge >= 0.3 is 11.9 Å². The average molecular weight is 785 g/mol. The number of aliphatic hydroxyl groups excluding tert-OH is 4. The predicted molar refractivity (Wildman–Crippen MR) is 217 cm³/mol. The first-order valence-corrected chi connectivity index (χ1v) is 23.5. The van der Waals surface area contributed by atoms with Crippen LogP contribution < -0.4 is 0 Å². The molecular weight excluding hydrogens is 705 g/mol. The highest BCUT2D eigenvalue weighted by molar-refractivity contribution is 5.66. The monoisotopic (exact) mass is 785 g/mol. The highest BCUT2D eigenvalue weighted by atomic mass is 16.4. The van der Waals surface area contributed by atoms with Gasteiger partial charge in [0.2, 0.25) is 0 Å². The van der Waals surface area contributed by atoms with Crippen LogP contribution in [0.5, 0.6) is 0 Å². The molecule has 8 aliphatic rings. The molecule has 8 rings (SSSR count). The average Bonchev–Trinajstić information content (AvgIpc) is 3.69. The van der Waals surface area contributed by atoms with Crippen molar-refractivity contribution in [3.8, 4) is 0 Å². The quantitative estimate of drug-likeness (QED) is 0.143. The normalized spacial score (nSPS) is 51.7. The van der Waals surface area contributed by atoms with Crippen LogP contribution in [0.25, 0.3) is 0 Å². The van der Waals surface area contributed by atoms with Gasteiger partial charge in [-0.2, -0.15) is 0 Å². The Hall–Kier alpha value is -1.22. The van der Waals surface area contributed by atoms with E-state index in [1.807, 2.05) is 0 Å². The van der Waals surface area contributed by atoms with Crippen LogP contribution in [-0.4, -0.2) is 67.0 Å². The molecular formula is C48H80O8. The van der Waals surface area contributed by atoms with Gasteiger partial charge in [0, 0.05) is 12.8 Å². The third-order valence-electron chi connectivity index (χ3n) is 20.5. The summed E-state index contributed by atoms with van der Waals surface area (Å²) in [5.74, 6) is 4.91. The maximum atomic E-state index is 11.5. The molecule has 8 saturated carbocycles. The van der Waals surface area contributed by atoms with Crippen molar-refractivity contribution in [1.29, 1.82) is 0 Å². The minimum atomic E-state index is -0.707. The van der Waals surface area contributed by atoms with E-state index < -0.39 is 11.9 Å². The highest BCUT2D eigenvalue weighted by Crippen LogP contribution is 2.70. The maximum Gasteiger partial charge on any atom is 0.303 e. The molecule has 8 heteroatoms. The second-order valence-corrected chi connectivity index (χ2v) is 22.7. The van der Waals surface area contributed by atoms with Crippen LogP contribution in [0.2, 0.25) is 0 Å². The lowest BCUT2D eigenvalue weighted by Crippen LogP contribution is -2.58. The number of carboxylic acid groups (broad SMARTS) is 2. The van der Waals surface area contributed by atoms with Gasteiger partial charge in [0.1, 0.15) is 0 Å². The number of hydrogen-bond acceptors (Lipinski definition) is 6. The summed E-state index contributed by atoms with van der Waals surface area (Å²) in [6.07, 6.45) is 18.5. The van der Waals surface area contributed by atoms with E-state index in [0.29, 0.717) is 71.0 Å². The zero-order valence-electron chi connectivity index (χ0n) is 35.9. The van der Waals surface area contributed by atoms with Crippen molar-refractivity contribution in [2.24, 2.45) is 92.7 Å². The van der Waals surface area contributed by atoms with Crippen molar-refractivity contribution in [1.82, 2.24) is 0 Å². The molecule has 6 N–H and O–H groups in total. The van der Waals surface area contributed by atoms with Crippen molar-refractivity contribution in [3.63, 3.8) is 0 Å². The lowest BCUT2D eigenvalue weighted by molar-refractivity contribution is -0.175. The fraction of sp³-hybridized carbons (Fsp3) is 0.958. The van der Waals surface area contributed by atoms with Gasteiger partial charge in [0.05, 0.1) is 24.4 Å². The van der Waals surface area contributed by atoms with Gasteiger partial charge in [-0.25, -0.2) is 0 Å². The Morgan fingerprint density at radius 2 is 1.07 bits per heavy atom. The molecule has 320 valence electrons. The Balaban J connectivity index is 0.000000172. The number of aliphatic carboxylic acids is 2. The third kappa shape index (κ3) is 7.24. The number of fused-ring (bicyclic) bond motifs is 10. The molecule has 20 atom stereocenters. The summed E-state index contributed by atoms with van der Waals surface area (Å²) < 4.78 is 0. The molecule has 0 bridgehead atoms. The van der Waals surface area contributed by atoms with Crippen molar-refractivity contribution < 1.29 is 40.2 Å². The van der Waals surface area contributed by atoms with E-state index in [1.165, 1.54) is 44.9 Å². The summed E-state index contributed by atoms with van der Waals surface area (Å²) in [4.78, 5) is 22.1. The van der Waals surface area contributed by atoms with Crippen LogP contribution in [0.4, 0.5) is 0 Å². The first-order valence-electron chi connectivity index (χ1n) is 23.5. The summed E-state index contributed by atoms with van der Waals surface area (Å²) in [5.41, 5.74) is 0.739. The largest absolute Gasteiger partial charge is 0.481 e. The summed E-state index contributed by atoms with van der Waals surface area (Å²) in [5, 5.41) is 61.3. The fourth-order valence-corrected chi connectivity index (χ4v) is 17.4. The van der Waals surface area contributed by atoms with E-state index in [2.05, 4.69) is 41.5 Å². The summed E-state index contributed by atoms with van der Waals surface area (Å²) in [6.45, 7) is 14.2. The first-order chi connectivity index (χ1) is 26.3. The van der Waals surface area contributed by atoms with Crippen molar-refractivity contribution in [2.45, 2.75) is 194 Å². The second kappa shape index (κ2) is 16.0. The Kier molecular flexibility index (Phi) is 12.3. The van der Waals surface area contributed by atoms with Crippen LogP contribution in [0.1, 0.15) is 170 Å². The van der Waals surface area contributed by atoms with Crippen LogP contribution in [0.15, 0.2) is 0 Å². The van der Waals surface area contributed by atoms with E-state index >= 15 is 0 Å². The molecule has 0 aromatic carbocycles. The number of rotatable bonds is 8. The van der Waals surface area contributed by atoms with Gasteiger partial charge in [-0.1, -0.05) is 41.5 Å². The predicted octanol–water partition coefficient (Wildman–Crippen LogP) is 8.96. The molecule has 0 aromatic heterocycles. The smallest absolute Gasteiger partial charge is 0.303 e. The van der Waals surface area contributed by atoms with Crippen molar-refractivity contribution >= 4 is 11.9 Å². The minimum Gasteiger partial charge on any atom is -0.481 e. The standard InChI is InChI=1S/2C24H40O4/c1-14(4-9-22(27)28)18-7-8-19-17-6-5-15-12-16(25)10-11-23(15,2)20(17)13-21(26)24(18,19)3;1-14(4-7-21(27)28)17-5-6-18-22-19(9-11-24(17,18)3)23(2)10-8-16(25)12-15(23)13-20(22)26/h14-21,25-26H,4-13H2,1-3H3,(H,27,28);14-20,22,25-26H,4-13H2,1-3H3,(H,27,28)/t14-,15-,16-,17+,18-,19+,20+,21+,23+,24-;14-,15+,16-,17-,18+,19+,20+,22+,23+,24-/m11/s1. The van der Waals surface area contributed by atoms with Gasteiger partial charge in [-0.3, -0.25) is 9.59 Å². The molecule has 56 heavy (non-hydrogen) atoms. The van der Waals surface area contributed by atoms with Gasteiger partial charge in [0.15, 0.2) is 0 Å². The van der Waals surface area contributed by atoms with E-state index in [4.69, 9.17) is 10.2 Å². The molecule has 0 saturated heterocycles. The first kappa shape index (κ1) is 42.9. The Morgan fingerprint density at radius 1 is 0.554 bits per heavy atom. The summed E-state index contributed by atoms with van der Waals surface area (Å²) in [7, 11) is 0.